The Bertz CT molecular complexity index is 485. The first-order valence-electron chi connectivity index (χ1n) is 5.16. The molecule has 0 amide bonds. The fraction of sp³-hybridized carbons (Fsp3) is 0.167. The van der Waals surface area contributed by atoms with Crippen molar-refractivity contribution in [1.29, 1.82) is 0 Å². The van der Waals surface area contributed by atoms with Crippen molar-refractivity contribution in [2.24, 2.45) is 5.73 Å². The molecule has 1 aromatic heterocycles. The fourth-order valence-corrected chi connectivity index (χ4v) is 1.99. The molecule has 3 nitrogen and oxygen atoms in total. The zero-order valence-electron chi connectivity index (χ0n) is 8.99. The molecule has 1 unspecified atom stereocenters. The molecule has 0 saturated heterocycles. The van der Waals surface area contributed by atoms with Crippen molar-refractivity contribution in [2.75, 3.05) is 11.9 Å². The first-order chi connectivity index (χ1) is 8.20. The summed E-state index contributed by atoms with van der Waals surface area (Å²) < 4.78 is 5.31. The zero-order valence-corrected chi connectivity index (χ0v) is 10.5. The Morgan fingerprint density at radius 2 is 2.12 bits per heavy atom. The van der Waals surface area contributed by atoms with Crippen LogP contribution in [0.3, 0.4) is 0 Å². The lowest BCUT2D eigenvalue weighted by atomic mass is 10.2. The number of anilines is 1. The minimum atomic E-state index is -0.108. The van der Waals surface area contributed by atoms with Gasteiger partial charge in [0.05, 0.1) is 23.0 Å². The van der Waals surface area contributed by atoms with Crippen LogP contribution in [0.25, 0.3) is 0 Å². The summed E-state index contributed by atoms with van der Waals surface area (Å²) in [4.78, 5) is 0. The number of hydrogen-bond acceptors (Lipinski definition) is 3. The largest absolute Gasteiger partial charge is 0.467 e. The van der Waals surface area contributed by atoms with E-state index in [0.29, 0.717) is 16.6 Å². The average molecular weight is 271 g/mol. The maximum Gasteiger partial charge on any atom is 0.127 e. The monoisotopic (exact) mass is 270 g/mol. The van der Waals surface area contributed by atoms with Gasteiger partial charge in [-0.3, -0.25) is 0 Å². The van der Waals surface area contributed by atoms with Crippen molar-refractivity contribution < 1.29 is 4.42 Å². The predicted molar refractivity (Wildman–Crippen MR) is 70.6 cm³/mol. The van der Waals surface area contributed by atoms with E-state index in [1.54, 1.807) is 18.4 Å². The van der Waals surface area contributed by atoms with Crippen molar-refractivity contribution in [3.05, 3.63) is 52.4 Å². The molecule has 0 saturated carbocycles. The molecule has 5 heteroatoms. The number of rotatable bonds is 4. The van der Waals surface area contributed by atoms with Crippen molar-refractivity contribution in [1.82, 2.24) is 0 Å². The highest BCUT2D eigenvalue weighted by molar-refractivity contribution is 6.36. The van der Waals surface area contributed by atoms with Crippen molar-refractivity contribution in [2.45, 2.75) is 6.04 Å². The Morgan fingerprint density at radius 1 is 1.29 bits per heavy atom. The normalized spacial score (nSPS) is 12.4. The molecular formula is C12H12Cl2N2O. The number of halogens is 2. The van der Waals surface area contributed by atoms with Gasteiger partial charge in [0.1, 0.15) is 5.76 Å². The Kier molecular flexibility index (Phi) is 3.94. The molecular weight excluding hydrogens is 259 g/mol. The zero-order chi connectivity index (χ0) is 12.3. The van der Waals surface area contributed by atoms with Gasteiger partial charge in [-0.1, -0.05) is 23.2 Å². The van der Waals surface area contributed by atoms with Gasteiger partial charge in [-0.15, -0.1) is 0 Å². The highest BCUT2D eigenvalue weighted by Crippen LogP contribution is 2.28. The first kappa shape index (κ1) is 12.3. The van der Waals surface area contributed by atoms with Crippen LogP contribution in [-0.2, 0) is 0 Å². The molecule has 1 heterocycles. The van der Waals surface area contributed by atoms with Gasteiger partial charge in [-0.2, -0.15) is 0 Å². The number of nitrogens with one attached hydrogen (secondary N) is 1. The second-order valence-corrected chi connectivity index (χ2v) is 4.42. The minimum absolute atomic E-state index is 0.108. The average Bonchev–Trinajstić information content (AvgIpc) is 2.81. The summed E-state index contributed by atoms with van der Waals surface area (Å²) in [6, 6.07) is 8.85. The highest BCUT2D eigenvalue weighted by Gasteiger charge is 2.13. The molecule has 0 spiro atoms. The summed E-state index contributed by atoms with van der Waals surface area (Å²) >= 11 is 11.9. The first-order valence-corrected chi connectivity index (χ1v) is 5.91. The number of furan rings is 1. The van der Waals surface area contributed by atoms with Gasteiger partial charge in [0, 0.05) is 11.6 Å². The molecule has 1 atom stereocenters. The van der Waals surface area contributed by atoms with Gasteiger partial charge in [0.25, 0.3) is 0 Å². The summed E-state index contributed by atoms with van der Waals surface area (Å²) in [5, 5.41) is 4.37. The Morgan fingerprint density at radius 3 is 2.71 bits per heavy atom. The Hall–Kier alpha value is -1.16. The molecule has 0 fully saturated rings. The van der Waals surface area contributed by atoms with Crippen LogP contribution in [0.4, 0.5) is 5.69 Å². The van der Waals surface area contributed by atoms with Gasteiger partial charge in [-0.05, 0) is 30.3 Å². The fourth-order valence-electron chi connectivity index (χ4n) is 1.53. The topological polar surface area (TPSA) is 51.2 Å². The third-order valence-electron chi connectivity index (χ3n) is 2.38. The van der Waals surface area contributed by atoms with Crippen LogP contribution in [-0.4, -0.2) is 6.54 Å². The molecule has 0 aliphatic carbocycles. The van der Waals surface area contributed by atoms with Gasteiger partial charge < -0.3 is 15.5 Å². The Balaban J connectivity index is 2.19. The molecule has 1 aromatic carbocycles. The van der Waals surface area contributed by atoms with E-state index in [1.807, 2.05) is 18.2 Å². The lowest BCUT2D eigenvalue weighted by Gasteiger charge is -2.16. The predicted octanol–water partition coefficient (Wildman–Crippen LogP) is 3.70. The van der Waals surface area contributed by atoms with Crippen LogP contribution >= 0.6 is 23.2 Å². The van der Waals surface area contributed by atoms with E-state index in [9.17, 15) is 0 Å². The lowest BCUT2D eigenvalue weighted by Crippen LogP contribution is -2.20. The van der Waals surface area contributed by atoms with E-state index in [-0.39, 0.29) is 6.04 Å². The summed E-state index contributed by atoms with van der Waals surface area (Å²) in [7, 11) is 0. The van der Waals surface area contributed by atoms with Crippen LogP contribution in [0.15, 0.2) is 41.0 Å². The third kappa shape index (κ3) is 2.94. The van der Waals surface area contributed by atoms with Crippen molar-refractivity contribution in [3.63, 3.8) is 0 Å². The van der Waals surface area contributed by atoms with Gasteiger partial charge in [0.2, 0.25) is 0 Å². The van der Waals surface area contributed by atoms with Gasteiger partial charge in [-0.25, -0.2) is 0 Å². The summed E-state index contributed by atoms with van der Waals surface area (Å²) in [6.07, 6.45) is 1.61. The van der Waals surface area contributed by atoms with Crippen LogP contribution in [0, 0.1) is 0 Å². The van der Waals surface area contributed by atoms with E-state index < -0.39 is 0 Å². The molecule has 90 valence electrons. The van der Waals surface area contributed by atoms with E-state index in [4.69, 9.17) is 33.4 Å². The summed E-state index contributed by atoms with van der Waals surface area (Å²) in [6.45, 7) is 0.409. The van der Waals surface area contributed by atoms with E-state index >= 15 is 0 Å². The number of hydrogen-bond donors (Lipinski definition) is 2. The summed E-state index contributed by atoms with van der Waals surface area (Å²) in [5.41, 5.74) is 6.48. The van der Waals surface area contributed by atoms with Crippen LogP contribution < -0.4 is 11.1 Å². The minimum Gasteiger partial charge on any atom is -0.467 e. The molecule has 2 rings (SSSR count). The SMILES string of the molecule is NCC(Nc1ccc(Cl)cc1Cl)c1ccco1. The molecule has 0 bridgehead atoms. The number of nitrogens with two attached hydrogens (primary N) is 1. The highest BCUT2D eigenvalue weighted by atomic mass is 35.5. The van der Waals surface area contributed by atoms with Crippen molar-refractivity contribution >= 4 is 28.9 Å². The van der Waals surface area contributed by atoms with Gasteiger partial charge >= 0.3 is 0 Å². The van der Waals surface area contributed by atoms with Crippen LogP contribution in [0.1, 0.15) is 11.8 Å². The second kappa shape index (κ2) is 5.45. The molecule has 3 N–H and O–H groups in total. The van der Waals surface area contributed by atoms with E-state index in [0.717, 1.165) is 11.4 Å². The quantitative estimate of drug-likeness (QED) is 0.891. The summed E-state index contributed by atoms with van der Waals surface area (Å²) in [5.74, 6) is 0.776. The van der Waals surface area contributed by atoms with Crippen LogP contribution in [0.5, 0.6) is 0 Å². The molecule has 0 radical (unpaired) electrons. The maximum absolute atomic E-state index is 6.07. The van der Waals surface area contributed by atoms with Crippen LogP contribution in [0.2, 0.25) is 10.0 Å². The molecule has 0 aliphatic rings. The standard InChI is InChI=1S/C12H12Cl2N2O/c13-8-3-4-10(9(14)6-8)16-11(7-15)12-2-1-5-17-12/h1-6,11,16H,7,15H2. The molecule has 17 heavy (non-hydrogen) atoms. The number of benzene rings is 1. The van der Waals surface area contributed by atoms with E-state index in [1.165, 1.54) is 0 Å². The maximum atomic E-state index is 6.07. The van der Waals surface area contributed by atoms with Gasteiger partial charge in [0.15, 0.2) is 0 Å². The lowest BCUT2D eigenvalue weighted by molar-refractivity contribution is 0.482. The van der Waals surface area contributed by atoms with E-state index in [2.05, 4.69) is 5.32 Å². The Labute approximate surface area is 110 Å². The second-order valence-electron chi connectivity index (χ2n) is 3.57. The third-order valence-corrected chi connectivity index (χ3v) is 2.93. The van der Waals surface area contributed by atoms with Crippen molar-refractivity contribution in [3.8, 4) is 0 Å². The molecule has 0 aliphatic heterocycles. The molecule has 2 aromatic rings. The smallest absolute Gasteiger partial charge is 0.127 e.